The number of rotatable bonds is 5. The molecule has 3 rings (SSSR count). The lowest BCUT2D eigenvalue weighted by atomic mass is 9.97. The molecule has 1 N–H and O–H groups in total. The van der Waals surface area contributed by atoms with Crippen LogP contribution in [0.2, 0.25) is 0 Å². The standard InChI is InChI=1S/C17H26N4O3/c1-12-9-15(23-2)20-17(19-12)21-7-3-5-13(11-21)16(22)18-10-14-6-4-8-24-14/h9,13-14H,3-8,10-11H2,1-2H3,(H,18,22)/t13-,14-/m0/s1. The summed E-state index contributed by atoms with van der Waals surface area (Å²) in [6.07, 6.45) is 4.16. The van der Waals surface area contributed by atoms with E-state index in [1.54, 1.807) is 13.2 Å². The van der Waals surface area contributed by atoms with Gasteiger partial charge in [0.25, 0.3) is 0 Å². The molecule has 0 radical (unpaired) electrons. The Bertz CT molecular complexity index is 575. The van der Waals surface area contributed by atoms with Crippen LogP contribution in [-0.2, 0) is 9.53 Å². The van der Waals surface area contributed by atoms with Crippen LogP contribution in [0.5, 0.6) is 5.88 Å². The molecule has 0 unspecified atom stereocenters. The smallest absolute Gasteiger partial charge is 0.228 e. The molecule has 0 bridgehead atoms. The number of carbonyl (C=O) groups excluding carboxylic acids is 1. The third-order valence-corrected chi connectivity index (χ3v) is 4.63. The molecular formula is C17H26N4O3. The number of nitrogens with zero attached hydrogens (tertiary/aromatic N) is 3. The SMILES string of the molecule is COc1cc(C)nc(N2CCC[C@H](C(=O)NC[C@@H]3CCCO3)C2)n1. The van der Waals surface area contributed by atoms with Crippen molar-refractivity contribution < 1.29 is 14.3 Å². The van der Waals surface area contributed by atoms with Crippen molar-refractivity contribution in [3.8, 4) is 5.88 Å². The van der Waals surface area contributed by atoms with E-state index in [1.807, 2.05) is 6.92 Å². The largest absolute Gasteiger partial charge is 0.481 e. The lowest BCUT2D eigenvalue weighted by molar-refractivity contribution is -0.125. The van der Waals surface area contributed by atoms with E-state index in [0.717, 1.165) is 44.5 Å². The van der Waals surface area contributed by atoms with Gasteiger partial charge in [0.05, 0.1) is 19.1 Å². The van der Waals surface area contributed by atoms with Crippen LogP contribution >= 0.6 is 0 Å². The average Bonchev–Trinajstić information content (AvgIpc) is 3.12. The molecule has 0 saturated carbocycles. The molecule has 1 aromatic heterocycles. The van der Waals surface area contributed by atoms with Gasteiger partial charge >= 0.3 is 0 Å². The Morgan fingerprint density at radius 2 is 2.29 bits per heavy atom. The summed E-state index contributed by atoms with van der Waals surface area (Å²) in [6, 6.07) is 1.80. The summed E-state index contributed by atoms with van der Waals surface area (Å²) >= 11 is 0. The molecule has 0 aliphatic carbocycles. The molecular weight excluding hydrogens is 308 g/mol. The summed E-state index contributed by atoms with van der Waals surface area (Å²) in [5.41, 5.74) is 0.863. The minimum Gasteiger partial charge on any atom is -0.481 e. The fraction of sp³-hybridized carbons (Fsp3) is 0.706. The first-order valence-electron chi connectivity index (χ1n) is 8.69. The Morgan fingerprint density at radius 1 is 1.42 bits per heavy atom. The van der Waals surface area contributed by atoms with Gasteiger partial charge < -0.3 is 19.7 Å². The van der Waals surface area contributed by atoms with Gasteiger partial charge in [-0.1, -0.05) is 0 Å². The second-order valence-corrected chi connectivity index (χ2v) is 6.52. The maximum absolute atomic E-state index is 12.5. The van der Waals surface area contributed by atoms with Crippen molar-refractivity contribution in [3.05, 3.63) is 11.8 Å². The molecule has 1 amide bonds. The number of hydrogen-bond donors (Lipinski definition) is 1. The van der Waals surface area contributed by atoms with E-state index < -0.39 is 0 Å². The Morgan fingerprint density at radius 3 is 3.04 bits per heavy atom. The number of nitrogens with one attached hydrogen (secondary N) is 1. The first-order chi connectivity index (χ1) is 11.7. The van der Waals surface area contributed by atoms with E-state index in [1.165, 1.54) is 0 Å². The van der Waals surface area contributed by atoms with Crippen molar-refractivity contribution >= 4 is 11.9 Å². The second-order valence-electron chi connectivity index (χ2n) is 6.52. The number of aryl methyl sites for hydroxylation is 1. The molecule has 3 heterocycles. The summed E-state index contributed by atoms with van der Waals surface area (Å²) in [5.74, 6) is 1.27. The van der Waals surface area contributed by atoms with Crippen LogP contribution in [-0.4, -0.2) is 55.3 Å². The first kappa shape index (κ1) is 17.0. The Kier molecular flexibility index (Phi) is 5.50. The average molecular weight is 334 g/mol. The van der Waals surface area contributed by atoms with E-state index >= 15 is 0 Å². The minimum atomic E-state index is -0.0322. The van der Waals surface area contributed by atoms with E-state index in [4.69, 9.17) is 9.47 Å². The molecule has 2 aliphatic heterocycles. The van der Waals surface area contributed by atoms with Crippen LogP contribution in [0.15, 0.2) is 6.07 Å². The predicted molar refractivity (Wildman–Crippen MR) is 90.2 cm³/mol. The number of amides is 1. The number of carbonyl (C=O) groups is 1. The monoisotopic (exact) mass is 334 g/mol. The summed E-state index contributed by atoms with van der Waals surface area (Å²) in [7, 11) is 1.60. The van der Waals surface area contributed by atoms with Crippen molar-refractivity contribution in [2.45, 2.75) is 38.7 Å². The van der Waals surface area contributed by atoms with E-state index in [0.29, 0.717) is 24.9 Å². The zero-order valence-electron chi connectivity index (χ0n) is 14.5. The highest BCUT2D eigenvalue weighted by molar-refractivity contribution is 5.79. The Balaban J connectivity index is 1.59. The van der Waals surface area contributed by atoms with E-state index in [9.17, 15) is 4.79 Å². The van der Waals surface area contributed by atoms with Gasteiger partial charge in [-0.15, -0.1) is 0 Å². The second kappa shape index (κ2) is 7.79. The summed E-state index contributed by atoms with van der Waals surface area (Å²) in [6.45, 7) is 4.85. The molecule has 2 aliphatic rings. The molecule has 24 heavy (non-hydrogen) atoms. The van der Waals surface area contributed by atoms with Crippen LogP contribution in [0.3, 0.4) is 0 Å². The molecule has 7 heteroatoms. The summed E-state index contributed by atoms with van der Waals surface area (Å²) in [5, 5.41) is 3.04. The van der Waals surface area contributed by atoms with Gasteiger partial charge in [-0.3, -0.25) is 4.79 Å². The molecule has 132 valence electrons. The molecule has 2 saturated heterocycles. The number of piperidine rings is 1. The number of methoxy groups -OCH3 is 1. The predicted octanol–water partition coefficient (Wildman–Crippen LogP) is 1.31. The highest BCUT2D eigenvalue weighted by atomic mass is 16.5. The van der Waals surface area contributed by atoms with Crippen LogP contribution in [0.25, 0.3) is 0 Å². The van der Waals surface area contributed by atoms with Gasteiger partial charge in [0.15, 0.2) is 0 Å². The molecule has 0 spiro atoms. The lowest BCUT2D eigenvalue weighted by Crippen LogP contribution is -2.45. The van der Waals surface area contributed by atoms with Crippen LogP contribution in [0.4, 0.5) is 5.95 Å². The maximum Gasteiger partial charge on any atom is 0.228 e. The van der Waals surface area contributed by atoms with Gasteiger partial charge in [-0.25, -0.2) is 4.98 Å². The normalized spacial score (nSPS) is 24.0. The quantitative estimate of drug-likeness (QED) is 0.875. The van der Waals surface area contributed by atoms with Crippen LogP contribution < -0.4 is 15.0 Å². The summed E-state index contributed by atoms with van der Waals surface area (Å²) < 4.78 is 10.8. The molecule has 7 nitrogen and oxygen atoms in total. The molecule has 0 aromatic carbocycles. The van der Waals surface area contributed by atoms with Crippen molar-refractivity contribution in [1.82, 2.24) is 15.3 Å². The molecule has 1 aromatic rings. The molecule has 2 fully saturated rings. The Hall–Kier alpha value is -1.89. The number of hydrogen-bond acceptors (Lipinski definition) is 6. The van der Waals surface area contributed by atoms with Gasteiger partial charge in [0, 0.05) is 38.0 Å². The zero-order valence-corrected chi connectivity index (χ0v) is 14.5. The summed E-state index contributed by atoms with van der Waals surface area (Å²) in [4.78, 5) is 23.5. The third kappa shape index (κ3) is 4.14. The van der Waals surface area contributed by atoms with E-state index in [2.05, 4.69) is 20.2 Å². The number of ether oxygens (including phenoxy) is 2. The van der Waals surface area contributed by atoms with Gasteiger partial charge in [0.1, 0.15) is 0 Å². The molecule has 2 atom stereocenters. The number of aromatic nitrogens is 2. The van der Waals surface area contributed by atoms with Gasteiger partial charge in [-0.2, -0.15) is 4.98 Å². The van der Waals surface area contributed by atoms with Gasteiger partial charge in [-0.05, 0) is 32.6 Å². The number of anilines is 1. The van der Waals surface area contributed by atoms with Crippen molar-refractivity contribution in [1.29, 1.82) is 0 Å². The van der Waals surface area contributed by atoms with Crippen molar-refractivity contribution in [2.75, 3.05) is 38.3 Å². The van der Waals surface area contributed by atoms with Crippen LogP contribution in [0.1, 0.15) is 31.4 Å². The maximum atomic E-state index is 12.5. The third-order valence-electron chi connectivity index (χ3n) is 4.63. The first-order valence-corrected chi connectivity index (χ1v) is 8.69. The van der Waals surface area contributed by atoms with Crippen molar-refractivity contribution in [2.24, 2.45) is 5.92 Å². The minimum absolute atomic E-state index is 0.0322. The highest BCUT2D eigenvalue weighted by Crippen LogP contribution is 2.23. The topological polar surface area (TPSA) is 76.6 Å². The van der Waals surface area contributed by atoms with E-state index in [-0.39, 0.29) is 17.9 Å². The lowest BCUT2D eigenvalue weighted by Gasteiger charge is -2.32. The fourth-order valence-corrected chi connectivity index (χ4v) is 3.31. The van der Waals surface area contributed by atoms with Gasteiger partial charge in [0.2, 0.25) is 17.7 Å². The van der Waals surface area contributed by atoms with Crippen LogP contribution in [0, 0.1) is 12.8 Å². The zero-order chi connectivity index (χ0) is 16.9. The van der Waals surface area contributed by atoms with Crippen molar-refractivity contribution in [3.63, 3.8) is 0 Å². The Labute approximate surface area is 142 Å². The highest BCUT2D eigenvalue weighted by Gasteiger charge is 2.28. The fourth-order valence-electron chi connectivity index (χ4n) is 3.31.